The lowest BCUT2D eigenvalue weighted by molar-refractivity contribution is -0.384. The Labute approximate surface area is 111 Å². The van der Waals surface area contributed by atoms with Crippen molar-refractivity contribution in [3.63, 3.8) is 0 Å². The lowest BCUT2D eigenvalue weighted by atomic mass is 10.3. The number of hydrogen-bond acceptors (Lipinski definition) is 5. The van der Waals surface area contributed by atoms with Crippen LogP contribution in [0.4, 0.5) is 11.5 Å². The number of aromatic nitrogens is 3. The second-order valence-electron chi connectivity index (χ2n) is 3.62. The summed E-state index contributed by atoms with van der Waals surface area (Å²) in [5.41, 5.74) is -0.0808. The third-order valence-corrected chi connectivity index (χ3v) is 2.75. The molecular formula is C10H10BrN5O2. The maximum absolute atomic E-state index is 10.9. The van der Waals surface area contributed by atoms with Crippen LogP contribution in [0, 0.1) is 10.1 Å². The Balaban J connectivity index is 2.26. The normalized spacial score (nSPS) is 12.1. The maximum Gasteiger partial charge on any atom is 0.312 e. The summed E-state index contributed by atoms with van der Waals surface area (Å²) in [6.45, 7) is 1.84. The molecule has 2 aromatic heterocycles. The largest absolute Gasteiger partial charge is 0.355 e. The average Bonchev–Trinajstić information content (AvgIpc) is 2.84. The fraction of sp³-hybridized carbons (Fsp3) is 0.200. The van der Waals surface area contributed by atoms with Gasteiger partial charge in [0.1, 0.15) is 5.82 Å². The molecule has 0 saturated heterocycles. The molecule has 0 spiro atoms. The molecule has 2 N–H and O–H groups in total. The van der Waals surface area contributed by atoms with Crippen LogP contribution in [0.25, 0.3) is 0 Å². The minimum Gasteiger partial charge on any atom is -0.355 e. The first-order valence-electron chi connectivity index (χ1n) is 5.13. The third-order valence-electron chi connectivity index (χ3n) is 2.31. The van der Waals surface area contributed by atoms with Crippen molar-refractivity contribution >= 4 is 27.4 Å². The molecule has 7 nitrogen and oxygen atoms in total. The molecule has 0 amide bonds. The number of imidazole rings is 1. The predicted molar refractivity (Wildman–Crippen MR) is 69.2 cm³/mol. The summed E-state index contributed by atoms with van der Waals surface area (Å²) >= 11 is 3.16. The van der Waals surface area contributed by atoms with Crippen LogP contribution in [0.1, 0.15) is 18.8 Å². The molecule has 0 bridgehead atoms. The highest BCUT2D eigenvalue weighted by Gasteiger charge is 2.18. The minimum absolute atomic E-state index is 0.0808. The lowest BCUT2D eigenvalue weighted by Crippen LogP contribution is -2.11. The molecule has 2 aromatic rings. The van der Waals surface area contributed by atoms with Crippen molar-refractivity contribution in [3.8, 4) is 0 Å². The molecule has 8 heteroatoms. The van der Waals surface area contributed by atoms with Gasteiger partial charge in [0.25, 0.3) is 0 Å². The molecule has 0 aliphatic carbocycles. The number of pyridine rings is 1. The number of nitrogens with zero attached hydrogens (tertiary/aromatic N) is 3. The molecular weight excluding hydrogens is 302 g/mol. The monoisotopic (exact) mass is 311 g/mol. The van der Waals surface area contributed by atoms with E-state index in [0.717, 1.165) is 0 Å². The van der Waals surface area contributed by atoms with Gasteiger partial charge in [0, 0.05) is 29.1 Å². The average molecular weight is 312 g/mol. The van der Waals surface area contributed by atoms with Crippen LogP contribution in [0.3, 0.4) is 0 Å². The van der Waals surface area contributed by atoms with Gasteiger partial charge >= 0.3 is 5.69 Å². The third kappa shape index (κ3) is 2.65. The van der Waals surface area contributed by atoms with E-state index < -0.39 is 4.92 Å². The van der Waals surface area contributed by atoms with E-state index in [1.165, 1.54) is 12.3 Å². The van der Waals surface area contributed by atoms with Gasteiger partial charge in [0.05, 0.1) is 11.0 Å². The molecule has 0 saturated carbocycles. The fourth-order valence-electron chi connectivity index (χ4n) is 1.47. The minimum atomic E-state index is -0.477. The van der Waals surface area contributed by atoms with Crippen molar-refractivity contribution in [2.45, 2.75) is 13.0 Å². The standard InChI is InChI=1S/C10H10BrN5O2/c1-6(9-12-2-3-13-9)15-10-8(16(17)18)4-7(11)5-14-10/h2-6H,1H3,(H,12,13)(H,14,15). The fourth-order valence-corrected chi connectivity index (χ4v) is 1.79. The smallest absolute Gasteiger partial charge is 0.312 e. The molecule has 0 aromatic carbocycles. The molecule has 94 valence electrons. The van der Waals surface area contributed by atoms with Gasteiger partial charge in [0.15, 0.2) is 0 Å². The van der Waals surface area contributed by atoms with E-state index in [-0.39, 0.29) is 17.5 Å². The first kappa shape index (κ1) is 12.5. The molecule has 0 aliphatic heterocycles. The van der Waals surface area contributed by atoms with E-state index in [9.17, 15) is 10.1 Å². The van der Waals surface area contributed by atoms with Gasteiger partial charge < -0.3 is 10.3 Å². The predicted octanol–water partition coefficient (Wildman–Crippen LogP) is 2.65. The van der Waals surface area contributed by atoms with Gasteiger partial charge in [-0.1, -0.05) is 0 Å². The highest BCUT2D eigenvalue weighted by atomic mass is 79.9. The number of rotatable bonds is 4. The number of aromatic amines is 1. The van der Waals surface area contributed by atoms with Gasteiger partial charge in [-0.2, -0.15) is 0 Å². The van der Waals surface area contributed by atoms with Crippen LogP contribution in [-0.2, 0) is 0 Å². The quantitative estimate of drug-likeness (QED) is 0.668. The van der Waals surface area contributed by atoms with Gasteiger partial charge in [-0.15, -0.1) is 0 Å². The van der Waals surface area contributed by atoms with Gasteiger partial charge in [0.2, 0.25) is 5.82 Å². The van der Waals surface area contributed by atoms with Gasteiger partial charge in [-0.25, -0.2) is 9.97 Å². The summed E-state index contributed by atoms with van der Waals surface area (Å²) in [5.74, 6) is 0.904. The molecule has 18 heavy (non-hydrogen) atoms. The Bertz CT molecular complexity index is 557. The van der Waals surface area contributed by atoms with Crippen molar-refractivity contribution in [2.24, 2.45) is 0 Å². The Hall–Kier alpha value is -1.96. The first-order chi connectivity index (χ1) is 8.58. The number of halogens is 1. The van der Waals surface area contributed by atoms with Gasteiger partial charge in [-0.05, 0) is 22.9 Å². The van der Waals surface area contributed by atoms with E-state index in [0.29, 0.717) is 10.3 Å². The van der Waals surface area contributed by atoms with E-state index in [1.54, 1.807) is 12.4 Å². The van der Waals surface area contributed by atoms with Crippen LogP contribution < -0.4 is 5.32 Å². The van der Waals surface area contributed by atoms with Crippen molar-refractivity contribution in [2.75, 3.05) is 5.32 Å². The van der Waals surface area contributed by atoms with Crippen LogP contribution in [0.5, 0.6) is 0 Å². The molecule has 0 fully saturated rings. The second-order valence-corrected chi connectivity index (χ2v) is 4.53. The van der Waals surface area contributed by atoms with Crippen LogP contribution in [-0.4, -0.2) is 19.9 Å². The van der Waals surface area contributed by atoms with Crippen molar-refractivity contribution in [1.29, 1.82) is 0 Å². The highest BCUT2D eigenvalue weighted by molar-refractivity contribution is 9.10. The summed E-state index contributed by atoms with van der Waals surface area (Å²) in [6.07, 6.45) is 4.82. The van der Waals surface area contributed by atoms with E-state index in [4.69, 9.17) is 0 Å². The number of hydrogen-bond donors (Lipinski definition) is 2. The van der Waals surface area contributed by atoms with Crippen LogP contribution in [0.15, 0.2) is 29.1 Å². The zero-order chi connectivity index (χ0) is 13.1. The van der Waals surface area contributed by atoms with Crippen molar-refractivity contribution < 1.29 is 4.92 Å². The van der Waals surface area contributed by atoms with Crippen LogP contribution in [0.2, 0.25) is 0 Å². The topological polar surface area (TPSA) is 96.7 Å². The Morgan fingerprint density at radius 1 is 1.56 bits per heavy atom. The molecule has 0 radical (unpaired) electrons. The summed E-state index contributed by atoms with van der Waals surface area (Å²) in [5, 5.41) is 13.9. The molecule has 1 atom stereocenters. The number of anilines is 1. The van der Waals surface area contributed by atoms with E-state index in [2.05, 4.69) is 36.2 Å². The summed E-state index contributed by atoms with van der Waals surface area (Å²) in [6, 6.07) is 1.21. The number of nitrogens with one attached hydrogen (secondary N) is 2. The molecule has 1 unspecified atom stereocenters. The zero-order valence-corrected chi connectivity index (χ0v) is 11.0. The van der Waals surface area contributed by atoms with Crippen molar-refractivity contribution in [1.82, 2.24) is 15.0 Å². The lowest BCUT2D eigenvalue weighted by Gasteiger charge is -2.12. The molecule has 2 rings (SSSR count). The second kappa shape index (κ2) is 5.13. The van der Waals surface area contributed by atoms with Crippen molar-refractivity contribution in [3.05, 3.63) is 45.1 Å². The first-order valence-corrected chi connectivity index (χ1v) is 5.93. The maximum atomic E-state index is 10.9. The van der Waals surface area contributed by atoms with Gasteiger partial charge in [-0.3, -0.25) is 10.1 Å². The Morgan fingerprint density at radius 2 is 2.33 bits per heavy atom. The van der Waals surface area contributed by atoms with E-state index >= 15 is 0 Å². The zero-order valence-electron chi connectivity index (χ0n) is 9.42. The summed E-state index contributed by atoms with van der Waals surface area (Å²) in [7, 11) is 0. The summed E-state index contributed by atoms with van der Waals surface area (Å²) < 4.78 is 0.561. The number of nitro groups is 1. The SMILES string of the molecule is CC(Nc1ncc(Br)cc1[N+](=O)[O-])c1ncc[nH]1. The van der Waals surface area contributed by atoms with Crippen LogP contribution >= 0.6 is 15.9 Å². The Kier molecular flexibility index (Phi) is 3.56. The molecule has 0 aliphatic rings. The Morgan fingerprint density at radius 3 is 2.94 bits per heavy atom. The highest BCUT2D eigenvalue weighted by Crippen LogP contribution is 2.27. The molecule has 2 heterocycles. The van der Waals surface area contributed by atoms with E-state index in [1.807, 2.05) is 6.92 Å². The summed E-state index contributed by atoms with van der Waals surface area (Å²) in [4.78, 5) is 21.5. The number of H-pyrrole nitrogens is 1.